The van der Waals surface area contributed by atoms with E-state index in [1.54, 1.807) is 0 Å². The maximum absolute atomic E-state index is 12.6. The van der Waals surface area contributed by atoms with Crippen molar-refractivity contribution in [3.63, 3.8) is 0 Å². The first-order valence-electron chi connectivity index (χ1n) is 11.0. The van der Waals surface area contributed by atoms with Crippen LogP contribution in [0.3, 0.4) is 0 Å². The van der Waals surface area contributed by atoms with Crippen molar-refractivity contribution in [1.82, 2.24) is 10.6 Å². The molecule has 2 rings (SSSR count). The highest BCUT2D eigenvalue weighted by Gasteiger charge is 2.29. The van der Waals surface area contributed by atoms with Crippen LogP contribution in [0.5, 0.6) is 0 Å². The molecule has 1 atom stereocenters. The van der Waals surface area contributed by atoms with Crippen LogP contribution in [0.4, 0.5) is 13.2 Å². The smallest absolute Gasteiger partial charge is 0.370 e. The van der Waals surface area contributed by atoms with Gasteiger partial charge in [0, 0.05) is 0 Å². The Labute approximate surface area is 189 Å². The number of nitrogens with two attached hydrogens (primary N) is 1. The van der Waals surface area contributed by atoms with Crippen LogP contribution in [-0.2, 0) is 12.7 Å². The molecule has 31 heavy (non-hydrogen) atoms. The second-order valence-corrected chi connectivity index (χ2v) is 7.78. The highest BCUT2D eigenvalue weighted by molar-refractivity contribution is 5.99. The summed E-state index contributed by atoms with van der Waals surface area (Å²) in [5.74, 6) is 0.809. The zero-order valence-corrected chi connectivity index (χ0v) is 19.0. The Bertz CT molecular complexity index is 689. The molecule has 0 aliphatic carbocycles. The lowest BCUT2D eigenvalue weighted by atomic mass is 10.1. The summed E-state index contributed by atoms with van der Waals surface area (Å²) < 4.78 is 37.9. The Morgan fingerprint density at radius 3 is 2.13 bits per heavy atom. The molecule has 0 bridgehead atoms. The lowest BCUT2D eigenvalue weighted by Gasteiger charge is -2.24. The molecule has 0 amide bonds. The van der Waals surface area contributed by atoms with Crippen molar-refractivity contribution in [3.05, 3.63) is 35.4 Å². The van der Waals surface area contributed by atoms with Gasteiger partial charge in [-0.3, -0.25) is 5.32 Å². The van der Waals surface area contributed by atoms with E-state index in [4.69, 9.17) is 5.73 Å². The Balaban J connectivity index is 0.00000480. The van der Waals surface area contributed by atoms with Gasteiger partial charge in [0.1, 0.15) is 6.17 Å². The van der Waals surface area contributed by atoms with Crippen molar-refractivity contribution in [2.24, 2.45) is 15.7 Å². The van der Waals surface area contributed by atoms with Crippen LogP contribution < -0.4 is 16.4 Å². The number of hydrogen-bond acceptors (Lipinski definition) is 3. The zero-order valence-electron chi connectivity index (χ0n) is 18.2. The molecule has 1 heterocycles. The molecule has 1 aromatic rings. The maximum atomic E-state index is 12.6. The first-order chi connectivity index (χ1) is 14.4. The summed E-state index contributed by atoms with van der Waals surface area (Å²) in [6.45, 7) is 2.49. The number of benzene rings is 1. The normalized spacial score (nSPS) is 17.5. The zero-order chi connectivity index (χ0) is 21.8. The molecule has 1 aliphatic heterocycles. The minimum atomic E-state index is -4.33. The predicted octanol–water partition coefficient (Wildman–Crippen LogP) is 5.74. The minimum absolute atomic E-state index is 0. The monoisotopic (exact) mass is 461 g/mol. The van der Waals surface area contributed by atoms with E-state index < -0.39 is 11.7 Å². The molecular formula is C22H35ClF3N5. The molecule has 4 N–H and O–H groups in total. The number of nitrogens with one attached hydrogen (secondary N) is 2. The van der Waals surface area contributed by atoms with Crippen molar-refractivity contribution in [2.75, 3.05) is 0 Å². The lowest BCUT2D eigenvalue weighted by molar-refractivity contribution is -0.137. The minimum Gasteiger partial charge on any atom is -0.370 e. The highest BCUT2D eigenvalue weighted by Crippen LogP contribution is 2.29. The molecule has 0 saturated carbocycles. The number of halogens is 4. The van der Waals surface area contributed by atoms with E-state index in [0.29, 0.717) is 17.5 Å². The second kappa shape index (κ2) is 14.2. The third-order valence-electron chi connectivity index (χ3n) is 5.13. The van der Waals surface area contributed by atoms with E-state index in [0.717, 1.165) is 25.0 Å². The molecule has 0 spiro atoms. The fraction of sp³-hybridized carbons (Fsp3) is 0.636. The number of hydrogen-bond donors (Lipinski definition) is 3. The van der Waals surface area contributed by atoms with Crippen molar-refractivity contribution in [3.8, 4) is 0 Å². The van der Waals surface area contributed by atoms with Gasteiger partial charge < -0.3 is 11.1 Å². The Kier molecular flexibility index (Phi) is 12.4. The van der Waals surface area contributed by atoms with Gasteiger partial charge in [0.25, 0.3) is 0 Å². The van der Waals surface area contributed by atoms with Gasteiger partial charge in [-0.1, -0.05) is 70.4 Å². The second-order valence-electron chi connectivity index (χ2n) is 7.78. The van der Waals surface area contributed by atoms with E-state index in [-0.39, 0.29) is 25.1 Å². The number of unbranched alkanes of at least 4 members (excludes halogenated alkanes) is 8. The summed E-state index contributed by atoms with van der Waals surface area (Å²) in [4.78, 5) is 8.75. The Morgan fingerprint density at radius 2 is 1.55 bits per heavy atom. The van der Waals surface area contributed by atoms with Gasteiger partial charge in [0.05, 0.1) is 12.1 Å². The van der Waals surface area contributed by atoms with Crippen LogP contribution in [0, 0.1) is 0 Å². The lowest BCUT2D eigenvalue weighted by Crippen LogP contribution is -2.53. The van der Waals surface area contributed by atoms with Crippen LogP contribution in [0.2, 0.25) is 0 Å². The van der Waals surface area contributed by atoms with Crippen molar-refractivity contribution < 1.29 is 13.2 Å². The first kappa shape index (κ1) is 27.1. The molecule has 0 fully saturated rings. The van der Waals surface area contributed by atoms with E-state index in [1.165, 1.54) is 63.5 Å². The van der Waals surface area contributed by atoms with Gasteiger partial charge in [0.2, 0.25) is 0 Å². The summed E-state index contributed by atoms with van der Waals surface area (Å²) in [7, 11) is 0. The molecule has 9 heteroatoms. The largest absolute Gasteiger partial charge is 0.416 e. The van der Waals surface area contributed by atoms with E-state index in [1.807, 2.05) is 0 Å². The van der Waals surface area contributed by atoms with Gasteiger partial charge in [-0.25, -0.2) is 9.98 Å². The Morgan fingerprint density at radius 1 is 0.968 bits per heavy atom. The summed E-state index contributed by atoms with van der Waals surface area (Å²) in [5.41, 5.74) is 5.88. The van der Waals surface area contributed by atoms with Crippen LogP contribution >= 0.6 is 12.4 Å². The molecule has 176 valence electrons. The molecule has 0 radical (unpaired) electrons. The average Bonchev–Trinajstić information content (AvgIpc) is 2.70. The Hall–Kier alpha value is -1.96. The predicted molar refractivity (Wildman–Crippen MR) is 123 cm³/mol. The maximum Gasteiger partial charge on any atom is 0.416 e. The average molecular weight is 462 g/mol. The standard InChI is InChI=1S/C22H34F3N5.ClH/c1-2-3-4-5-6-7-8-9-10-11-19-28-20(26)30-21(29-19)27-16-17-12-14-18(15-13-17)22(23,24)25;/h12-15,19H,2-11,16H2,1H3,(H4,26,27,28,29,30);1H. The molecule has 0 aromatic heterocycles. The highest BCUT2D eigenvalue weighted by atomic mass is 35.5. The van der Waals surface area contributed by atoms with Gasteiger partial charge >= 0.3 is 6.18 Å². The molecule has 0 saturated heterocycles. The SMILES string of the molecule is CCCCCCCCCCCC1N=C(N)NC(=NCc2ccc(C(F)(F)F)cc2)N1.Cl. The van der Waals surface area contributed by atoms with Crippen LogP contribution in [-0.4, -0.2) is 18.1 Å². The molecule has 1 unspecified atom stereocenters. The summed E-state index contributed by atoms with van der Waals surface area (Å²) in [6.07, 6.45) is 7.80. The fourth-order valence-electron chi connectivity index (χ4n) is 3.39. The summed E-state index contributed by atoms with van der Waals surface area (Å²) >= 11 is 0. The van der Waals surface area contributed by atoms with Crippen LogP contribution in [0.1, 0.15) is 82.3 Å². The fourth-order valence-corrected chi connectivity index (χ4v) is 3.39. The van der Waals surface area contributed by atoms with Gasteiger partial charge in [0.15, 0.2) is 11.9 Å². The number of guanidine groups is 2. The van der Waals surface area contributed by atoms with E-state index in [9.17, 15) is 13.2 Å². The van der Waals surface area contributed by atoms with Crippen molar-refractivity contribution in [1.29, 1.82) is 0 Å². The van der Waals surface area contributed by atoms with Gasteiger partial charge in [-0.2, -0.15) is 13.2 Å². The van der Waals surface area contributed by atoms with Gasteiger partial charge in [-0.05, 0) is 30.5 Å². The van der Waals surface area contributed by atoms with Crippen molar-refractivity contribution in [2.45, 2.75) is 90.0 Å². The van der Waals surface area contributed by atoms with E-state index in [2.05, 4.69) is 27.5 Å². The molecule has 5 nitrogen and oxygen atoms in total. The first-order valence-corrected chi connectivity index (χ1v) is 11.0. The third-order valence-corrected chi connectivity index (χ3v) is 5.13. The third kappa shape index (κ3) is 10.8. The van der Waals surface area contributed by atoms with E-state index >= 15 is 0 Å². The van der Waals surface area contributed by atoms with Crippen LogP contribution in [0.25, 0.3) is 0 Å². The quantitative estimate of drug-likeness (QED) is 0.347. The number of aliphatic imine (C=N–C) groups is 2. The topological polar surface area (TPSA) is 74.8 Å². The molecular weight excluding hydrogens is 427 g/mol. The summed E-state index contributed by atoms with van der Waals surface area (Å²) in [5, 5.41) is 6.08. The van der Waals surface area contributed by atoms with Crippen LogP contribution in [0.15, 0.2) is 34.3 Å². The summed E-state index contributed by atoms with van der Waals surface area (Å²) in [6, 6.07) is 5.01. The molecule has 1 aromatic carbocycles. The van der Waals surface area contributed by atoms with Crippen molar-refractivity contribution >= 4 is 24.3 Å². The number of alkyl halides is 3. The number of rotatable bonds is 12. The number of nitrogens with zero attached hydrogens (tertiary/aromatic N) is 2. The molecule has 1 aliphatic rings. The van der Waals surface area contributed by atoms with Gasteiger partial charge in [-0.15, -0.1) is 12.4 Å².